The van der Waals surface area contributed by atoms with Crippen LogP contribution in [-0.4, -0.2) is 32.7 Å². The summed E-state index contributed by atoms with van der Waals surface area (Å²) in [6, 6.07) is 9.31. The maximum atomic E-state index is 12.5. The fourth-order valence-electron chi connectivity index (χ4n) is 2.51. The number of carbonyl (C=O) groups is 1. The van der Waals surface area contributed by atoms with Crippen LogP contribution in [0.5, 0.6) is 11.5 Å². The number of hydrogen-bond acceptors (Lipinski definition) is 5. The standard InChI is InChI=1S/C19H23N3O3S/c1-5-25-16-7-6-14(10-17(16)24-4)12-22(3)13(2)18(23)21-19-15(11-20)8-9-26-19/h6-10,13H,5,12H2,1-4H3,(H,21,23)/p+1/t13-/m1/s1. The molecule has 6 nitrogen and oxygen atoms in total. The van der Waals surface area contributed by atoms with Crippen molar-refractivity contribution in [2.24, 2.45) is 0 Å². The molecule has 0 radical (unpaired) electrons. The molecule has 0 spiro atoms. The van der Waals surface area contributed by atoms with E-state index in [1.807, 2.05) is 39.1 Å². The molecule has 2 aromatic rings. The van der Waals surface area contributed by atoms with Gasteiger partial charge in [0.2, 0.25) is 0 Å². The Morgan fingerprint density at radius 1 is 1.38 bits per heavy atom. The van der Waals surface area contributed by atoms with E-state index in [1.54, 1.807) is 18.6 Å². The van der Waals surface area contributed by atoms with E-state index >= 15 is 0 Å². The molecule has 26 heavy (non-hydrogen) atoms. The Hall–Kier alpha value is -2.56. The van der Waals surface area contributed by atoms with Crippen LogP contribution >= 0.6 is 11.3 Å². The van der Waals surface area contributed by atoms with Crippen LogP contribution in [0.3, 0.4) is 0 Å². The van der Waals surface area contributed by atoms with E-state index in [4.69, 9.17) is 14.7 Å². The molecule has 2 rings (SSSR count). The Morgan fingerprint density at radius 2 is 2.15 bits per heavy atom. The first-order valence-electron chi connectivity index (χ1n) is 8.40. The monoisotopic (exact) mass is 374 g/mol. The second-order valence-corrected chi connectivity index (χ2v) is 6.84. The first-order chi connectivity index (χ1) is 12.5. The minimum atomic E-state index is -0.277. The zero-order valence-electron chi connectivity index (χ0n) is 15.5. The van der Waals surface area contributed by atoms with E-state index in [0.29, 0.717) is 35.2 Å². The number of amides is 1. The summed E-state index contributed by atoms with van der Waals surface area (Å²) in [5.41, 5.74) is 1.54. The van der Waals surface area contributed by atoms with Crippen LogP contribution in [0.1, 0.15) is 25.0 Å². The van der Waals surface area contributed by atoms with Crippen LogP contribution in [-0.2, 0) is 11.3 Å². The van der Waals surface area contributed by atoms with Crippen molar-refractivity contribution in [2.45, 2.75) is 26.4 Å². The second-order valence-electron chi connectivity index (χ2n) is 5.93. The van der Waals surface area contributed by atoms with Crippen LogP contribution in [0.25, 0.3) is 0 Å². The number of methoxy groups -OCH3 is 1. The number of thiophene rings is 1. The van der Waals surface area contributed by atoms with Gasteiger partial charge in [0, 0.05) is 5.56 Å². The Balaban J connectivity index is 2.03. The van der Waals surface area contributed by atoms with Gasteiger partial charge in [-0.25, -0.2) is 0 Å². The number of carbonyl (C=O) groups excluding carboxylic acids is 1. The second kappa shape index (κ2) is 9.22. The lowest BCUT2D eigenvalue weighted by molar-refractivity contribution is -0.907. The largest absolute Gasteiger partial charge is 0.493 e. The number of nitrogens with one attached hydrogen (secondary N) is 2. The third-order valence-corrected chi connectivity index (χ3v) is 5.00. The quantitative estimate of drug-likeness (QED) is 0.742. The first-order valence-corrected chi connectivity index (χ1v) is 9.28. The van der Waals surface area contributed by atoms with Gasteiger partial charge >= 0.3 is 0 Å². The molecule has 2 N–H and O–H groups in total. The Labute approximate surface area is 158 Å². The Kier molecular flexibility index (Phi) is 7.01. The lowest BCUT2D eigenvalue weighted by Crippen LogP contribution is -3.12. The number of likely N-dealkylation sites (N-methyl/N-ethyl adjacent to an activating group) is 1. The molecule has 0 fully saturated rings. The highest BCUT2D eigenvalue weighted by Crippen LogP contribution is 2.27. The van der Waals surface area contributed by atoms with E-state index in [0.717, 1.165) is 10.5 Å². The molecule has 7 heteroatoms. The topological polar surface area (TPSA) is 75.8 Å². The number of nitriles is 1. The average molecular weight is 374 g/mol. The van der Waals surface area contributed by atoms with Gasteiger partial charge in [-0.05, 0) is 43.5 Å². The van der Waals surface area contributed by atoms with Crippen molar-refractivity contribution >= 4 is 22.2 Å². The predicted octanol–water partition coefficient (Wildman–Crippen LogP) is 2.07. The lowest BCUT2D eigenvalue weighted by atomic mass is 10.1. The van der Waals surface area contributed by atoms with Crippen molar-refractivity contribution in [3.05, 3.63) is 40.8 Å². The molecule has 1 aromatic heterocycles. The summed E-state index contributed by atoms with van der Waals surface area (Å²) in [4.78, 5) is 13.5. The number of ether oxygens (including phenoxy) is 2. The maximum Gasteiger partial charge on any atom is 0.283 e. The summed E-state index contributed by atoms with van der Waals surface area (Å²) in [5.74, 6) is 1.29. The van der Waals surface area contributed by atoms with Crippen molar-refractivity contribution in [2.75, 3.05) is 26.1 Å². The SMILES string of the molecule is CCOc1ccc(C[NH+](C)[C@H](C)C(=O)Nc2sccc2C#N)cc1OC. The molecule has 1 amide bonds. The lowest BCUT2D eigenvalue weighted by Gasteiger charge is -2.21. The highest BCUT2D eigenvalue weighted by molar-refractivity contribution is 7.14. The van der Waals surface area contributed by atoms with Gasteiger partial charge in [0.05, 0.1) is 26.3 Å². The number of benzene rings is 1. The zero-order chi connectivity index (χ0) is 19.1. The molecule has 0 bridgehead atoms. The summed E-state index contributed by atoms with van der Waals surface area (Å²) in [6.45, 7) is 5.03. The van der Waals surface area contributed by atoms with E-state index in [-0.39, 0.29) is 11.9 Å². The Bertz CT molecular complexity index is 798. The third-order valence-electron chi connectivity index (χ3n) is 4.17. The minimum absolute atomic E-state index is 0.112. The zero-order valence-corrected chi connectivity index (χ0v) is 16.3. The van der Waals surface area contributed by atoms with Gasteiger partial charge in [-0.3, -0.25) is 4.79 Å². The van der Waals surface area contributed by atoms with Crippen LogP contribution in [0.15, 0.2) is 29.6 Å². The number of hydrogen-bond donors (Lipinski definition) is 2. The van der Waals surface area contributed by atoms with Gasteiger partial charge in [0.25, 0.3) is 5.91 Å². The molecular weight excluding hydrogens is 350 g/mol. The summed E-state index contributed by atoms with van der Waals surface area (Å²) >= 11 is 1.35. The van der Waals surface area contributed by atoms with Crippen molar-refractivity contribution in [1.29, 1.82) is 5.26 Å². The Morgan fingerprint density at radius 3 is 2.81 bits per heavy atom. The molecule has 0 aliphatic carbocycles. The fourth-order valence-corrected chi connectivity index (χ4v) is 3.25. The van der Waals surface area contributed by atoms with Crippen molar-refractivity contribution in [3.63, 3.8) is 0 Å². The third kappa shape index (κ3) is 4.75. The van der Waals surface area contributed by atoms with Crippen molar-refractivity contribution in [3.8, 4) is 17.6 Å². The molecule has 1 unspecified atom stereocenters. The summed E-state index contributed by atoms with van der Waals surface area (Å²) < 4.78 is 10.9. The molecule has 1 heterocycles. The van der Waals surface area contributed by atoms with Gasteiger partial charge in [-0.2, -0.15) is 5.26 Å². The van der Waals surface area contributed by atoms with Crippen LogP contribution in [0.2, 0.25) is 0 Å². The maximum absolute atomic E-state index is 12.5. The molecule has 0 aliphatic heterocycles. The van der Waals surface area contributed by atoms with E-state index < -0.39 is 0 Å². The van der Waals surface area contributed by atoms with Crippen molar-refractivity contribution < 1.29 is 19.2 Å². The summed E-state index contributed by atoms with van der Waals surface area (Å²) in [7, 11) is 3.58. The van der Waals surface area contributed by atoms with Gasteiger partial charge in [-0.15, -0.1) is 11.3 Å². The van der Waals surface area contributed by atoms with E-state index in [2.05, 4.69) is 11.4 Å². The van der Waals surface area contributed by atoms with Gasteiger partial charge < -0.3 is 19.7 Å². The van der Waals surface area contributed by atoms with Crippen LogP contribution in [0, 0.1) is 11.3 Å². The first kappa shape index (κ1) is 19.8. The van der Waals surface area contributed by atoms with Crippen LogP contribution in [0.4, 0.5) is 5.00 Å². The van der Waals surface area contributed by atoms with Crippen LogP contribution < -0.4 is 19.7 Å². The number of quaternary nitrogens is 1. The number of rotatable bonds is 8. The molecule has 0 aliphatic rings. The average Bonchev–Trinajstić information content (AvgIpc) is 3.09. The smallest absolute Gasteiger partial charge is 0.283 e. The highest BCUT2D eigenvalue weighted by Gasteiger charge is 2.23. The molecule has 2 atom stereocenters. The molecule has 0 saturated heterocycles. The van der Waals surface area contributed by atoms with Gasteiger partial charge in [0.15, 0.2) is 17.5 Å². The fraction of sp³-hybridized carbons (Fsp3) is 0.368. The summed E-state index contributed by atoms with van der Waals surface area (Å²) in [6.07, 6.45) is 0. The van der Waals surface area contributed by atoms with Gasteiger partial charge in [0.1, 0.15) is 17.6 Å². The van der Waals surface area contributed by atoms with E-state index in [1.165, 1.54) is 11.3 Å². The minimum Gasteiger partial charge on any atom is -0.493 e. The molecule has 138 valence electrons. The molecule has 0 saturated carbocycles. The highest BCUT2D eigenvalue weighted by atomic mass is 32.1. The van der Waals surface area contributed by atoms with Crippen molar-refractivity contribution in [1.82, 2.24) is 0 Å². The van der Waals surface area contributed by atoms with E-state index in [9.17, 15) is 4.79 Å². The van der Waals surface area contributed by atoms with Gasteiger partial charge in [-0.1, -0.05) is 0 Å². The summed E-state index contributed by atoms with van der Waals surface area (Å²) in [5, 5.41) is 14.3. The molecular formula is C19H24N3O3S+. The molecule has 1 aromatic carbocycles. The number of anilines is 1. The normalized spacial score (nSPS) is 12.7. The number of nitrogens with zero attached hydrogens (tertiary/aromatic N) is 1. The predicted molar refractivity (Wildman–Crippen MR) is 102 cm³/mol.